The van der Waals surface area contributed by atoms with E-state index in [1.54, 1.807) is 52.0 Å². The molecule has 0 aliphatic rings. The number of amides is 2. The van der Waals surface area contributed by atoms with E-state index < -0.39 is 35.8 Å². The summed E-state index contributed by atoms with van der Waals surface area (Å²) in [5, 5.41) is 3.59. The number of carbonyl (C=O) groups excluding carboxylic acids is 3. The highest BCUT2D eigenvalue weighted by Gasteiger charge is 2.24. The Bertz CT molecular complexity index is 1260. The molecule has 0 saturated heterocycles. The van der Waals surface area contributed by atoms with Crippen LogP contribution in [-0.4, -0.2) is 61.3 Å². The fourth-order valence-electron chi connectivity index (χ4n) is 2.95. The number of carbonyl (C=O) groups is 3. The molecule has 2 amide bonds. The summed E-state index contributed by atoms with van der Waals surface area (Å²) in [6.45, 7) is 6.59. The Hall–Kier alpha value is -4.26. The number of H-pyrrole nitrogens is 1. The number of benzene rings is 1. The number of anilines is 1. The molecule has 0 atom stereocenters. The first-order chi connectivity index (χ1) is 16.6. The van der Waals surface area contributed by atoms with Crippen LogP contribution in [-0.2, 0) is 16.1 Å². The molecule has 0 radical (unpaired) electrons. The molecule has 0 unspecified atom stereocenters. The number of imidazole rings is 1. The highest BCUT2D eigenvalue weighted by atomic mass is 16.6. The van der Waals surface area contributed by atoms with Crippen molar-refractivity contribution in [3.8, 4) is 0 Å². The number of aromatic amines is 1. The number of nitrogens with one attached hydrogen (secondary N) is 3. The van der Waals surface area contributed by atoms with Crippen molar-refractivity contribution in [2.24, 2.45) is 0 Å². The predicted octanol–water partition coefficient (Wildman–Crippen LogP) is 2.27. The lowest BCUT2D eigenvalue weighted by Crippen LogP contribution is -2.48. The van der Waals surface area contributed by atoms with Crippen LogP contribution < -0.4 is 16.3 Å². The highest BCUT2D eigenvalue weighted by molar-refractivity contribution is 5.91. The van der Waals surface area contributed by atoms with Gasteiger partial charge in [-0.1, -0.05) is 37.3 Å². The summed E-state index contributed by atoms with van der Waals surface area (Å²) in [4.78, 5) is 61.3. The predicted molar refractivity (Wildman–Crippen MR) is 126 cm³/mol. The third-order valence-corrected chi connectivity index (χ3v) is 4.49. The summed E-state index contributed by atoms with van der Waals surface area (Å²) in [6, 6.07) is 8.97. The van der Waals surface area contributed by atoms with Crippen molar-refractivity contribution in [2.45, 2.75) is 39.9 Å². The number of nitrogens with zero attached hydrogens (tertiary/aromatic N) is 4. The van der Waals surface area contributed by atoms with Crippen LogP contribution in [0.3, 0.4) is 0 Å². The molecule has 13 nitrogen and oxygen atoms in total. The molecule has 0 fully saturated rings. The summed E-state index contributed by atoms with van der Waals surface area (Å²) >= 11 is 0. The zero-order chi connectivity index (χ0) is 25.6. The van der Waals surface area contributed by atoms with E-state index in [1.807, 2.05) is 6.07 Å². The fourth-order valence-corrected chi connectivity index (χ4v) is 2.95. The maximum absolute atomic E-state index is 13.1. The van der Waals surface area contributed by atoms with E-state index in [4.69, 9.17) is 9.47 Å². The molecule has 35 heavy (non-hydrogen) atoms. The minimum absolute atomic E-state index is 0.0108. The summed E-state index contributed by atoms with van der Waals surface area (Å²) < 4.78 is 11.1. The molecule has 0 spiro atoms. The zero-order valence-electron chi connectivity index (χ0n) is 19.8. The maximum Gasteiger partial charge on any atom is 0.422 e. The van der Waals surface area contributed by atoms with Gasteiger partial charge >= 0.3 is 12.2 Å². The van der Waals surface area contributed by atoms with Crippen molar-refractivity contribution in [2.75, 3.05) is 18.4 Å². The lowest BCUT2D eigenvalue weighted by atomic mass is 10.2. The van der Waals surface area contributed by atoms with E-state index in [9.17, 15) is 19.2 Å². The molecule has 186 valence electrons. The van der Waals surface area contributed by atoms with Gasteiger partial charge in [-0.15, -0.1) is 0 Å². The SMILES string of the molecule is CCN(CC(=O)n1c(NC(=O)OCc2ccccc2)nc2nc[nH]c2c1=O)NC(=O)OC(C)(C)C. The van der Waals surface area contributed by atoms with Gasteiger partial charge in [-0.25, -0.2) is 24.1 Å². The number of aromatic nitrogens is 4. The van der Waals surface area contributed by atoms with Gasteiger partial charge in [-0.05, 0) is 26.3 Å². The second kappa shape index (κ2) is 10.8. The summed E-state index contributed by atoms with van der Waals surface area (Å²) in [7, 11) is 0. The normalized spacial score (nSPS) is 11.3. The number of hydrogen-bond donors (Lipinski definition) is 3. The molecule has 0 bridgehead atoms. The van der Waals surface area contributed by atoms with Crippen molar-refractivity contribution in [1.29, 1.82) is 0 Å². The van der Waals surface area contributed by atoms with E-state index >= 15 is 0 Å². The number of likely N-dealkylation sites (N-methyl/N-ethyl adjacent to an activating group) is 1. The van der Waals surface area contributed by atoms with Crippen LogP contribution in [0, 0.1) is 0 Å². The van der Waals surface area contributed by atoms with Gasteiger partial charge in [0.15, 0.2) is 11.2 Å². The molecule has 1 aromatic carbocycles. The van der Waals surface area contributed by atoms with E-state index in [2.05, 4.69) is 25.7 Å². The van der Waals surface area contributed by atoms with E-state index in [1.165, 1.54) is 11.3 Å². The largest absolute Gasteiger partial charge is 0.444 e. The average molecular weight is 486 g/mol. The molecule has 3 rings (SSSR count). The Labute approximate surface area is 200 Å². The third-order valence-electron chi connectivity index (χ3n) is 4.49. The Morgan fingerprint density at radius 3 is 2.51 bits per heavy atom. The van der Waals surface area contributed by atoms with Gasteiger partial charge in [0.05, 0.1) is 12.9 Å². The molecule has 2 heterocycles. The Morgan fingerprint density at radius 1 is 1.14 bits per heavy atom. The lowest BCUT2D eigenvalue weighted by molar-refractivity contribution is 0.0332. The molecular weight excluding hydrogens is 458 g/mol. The minimum Gasteiger partial charge on any atom is -0.444 e. The van der Waals surface area contributed by atoms with Gasteiger partial charge < -0.3 is 14.5 Å². The number of hydrogen-bond acceptors (Lipinski definition) is 9. The average Bonchev–Trinajstić information content (AvgIpc) is 3.25. The fraction of sp³-hybridized carbons (Fsp3) is 0.364. The van der Waals surface area contributed by atoms with Crippen molar-refractivity contribution in [3.05, 3.63) is 52.6 Å². The smallest absolute Gasteiger partial charge is 0.422 e. The van der Waals surface area contributed by atoms with Crippen molar-refractivity contribution >= 4 is 35.2 Å². The topological polar surface area (TPSA) is 161 Å². The number of fused-ring (bicyclic) bond motifs is 1. The second-order valence-electron chi connectivity index (χ2n) is 8.39. The van der Waals surface area contributed by atoms with Crippen LogP contribution in [0.15, 0.2) is 41.5 Å². The van der Waals surface area contributed by atoms with Crippen LogP contribution in [0.5, 0.6) is 0 Å². The van der Waals surface area contributed by atoms with Crippen LogP contribution in [0.2, 0.25) is 0 Å². The first kappa shape index (κ1) is 25.4. The van der Waals surface area contributed by atoms with E-state index in [0.717, 1.165) is 5.56 Å². The molecule has 13 heteroatoms. The van der Waals surface area contributed by atoms with Crippen LogP contribution in [0.25, 0.3) is 11.2 Å². The van der Waals surface area contributed by atoms with Crippen LogP contribution >= 0.6 is 0 Å². The van der Waals surface area contributed by atoms with Gasteiger partial charge in [0.25, 0.3) is 11.5 Å². The maximum atomic E-state index is 13.1. The van der Waals surface area contributed by atoms with Crippen molar-refractivity contribution in [3.63, 3.8) is 0 Å². The molecule has 0 saturated carbocycles. The third kappa shape index (κ3) is 6.86. The minimum atomic E-state index is -0.920. The lowest BCUT2D eigenvalue weighted by Gasteiger charge is -2.25. The number of rotatable bonds is 7. The first-order valence-corrected chi connectivity index (χ1v) is 10.8. The molecule has 3 N–H and O–H groups in total. The van der Waals surface area contributed by atoms with Gasteiger partial charge in [0.1, 0.15) is 12.2 Å². The molecular formula is C22H27N7O6. The Morgan fingerprint density at radius 2 is 1.86 bits per heavy atom. The summed E-state index contributed by atoms with van der Waals surface area (Å²) in [6.07, 6.45) is -0.436. The van der Waals surface area contributed by atoms with Crippen LogP contribution in [0.1, 0.15) is 38.1 Å². The van der Waals surface area contributed by atoms with Crippen molar-refractivity contribution < 1.29 is 23.9 Å². The van der Waals surface area contributed by atoms with Gasteiger partial charge in [0.2, 0.25) is 5.95 Å². The van der Waals surface area contributed by atoms with E-state index in [-0.39, 0.29) is 30.3 Å². The number of ether oxygens (including phenoxy) is 2. The van der Waals surface area contributed by atoms with Gasteiger partial charge in [-0.2, -0.15) is 4.98 Å². The quantitative estimate of drug-likeness (QED) is 0.426. The summed E-state index contributed by atoms with van der Waals surface area (Å²) in [5.41, 5.74) is 1.68. The van der Waals surface area contributed by atoms with Gasteiger partial charge in [0, 0.05) is 6.54 Å². The zero-order valence-corrected chi connectivity index (χ0v) is 19.8. The summed E-state index contributed by atoms with van der Waals surface area (Å²) in [5.74, 6) is -1.14. The molecule has 3 aromatic rings. The van der Waals surface area contributed by atoms with E-state index in [0.29, 0.717) is 4.57 Å². The molecule has 0 aliphatic heterocycles. The van der Waals surface area contributed by atoms with Crippen LogP contribution in [0.4, 0.5) is 15.5 Å². The second-order valence-corrected chi connectivity index (χ2v) is 8.39. The Kier molecular flexibility index (Phi) is 7.81. The highest BCUT2D eigenvalue weighted by Crippen LogP contribution is 2.10. The molecule has 0 aliphatic carbocycles. The monoisotopic (exact) mass is 485 g/mol. The number of hydrazine groups is 1. The Balaban J connectivity index is 1.80. The molecule has 2 aromatic heterocycles. The first-order valence-electron chi connectivity index (χ1n) is 10.8. The standard InChI is InChI=1S/C22H27N7O6/c1-5-28(27-21(33)35-22(2,3)4)11-15(30)29-18(31)16-17(24-13-23-16)25-19(29)26-20(32)34-12-14-9-7-6-8-10-14/h6-10,13H,5,11-12H2,1-4H3,(H,23,24)(H,27,33)(H,25,26,32). The van der Waals surface area contributed by atoms with Gasteiger partial charge in [-0.3, -0.25) is 20.3 Å². The van der Waals surface area contributed by atoms with Crippen molar-refractivity contribution in [1.82, 2.24) is 30.0 Å².